The highest BCUT2D eigenvalue weighted by Crippen LogP contribution is 2.30. The summed E-state index contributed by atoms with van der Waals surface area (Å²) >= 11 is 0. The molecule has 2 rings (SSSR count). The van der Waals surface area contributed by atoms with Crippen molar-refractivity contribution in [1.82, 2.24) is 9.97 Å². The molecule has 0 aliphatic heterocycles. The lowest BCUT2D eigenvalue weighted by molar-refractivity contribution is 0.596. The smallest absolute Gasteiger partial charge is 0.224 e. The first kappa shape index (κ1) is 14.1. The van der Waals surface area contributed by atoms with E-state index in [1.807, 2.05) is 6.92 Å². The molecule has 1 heterocycles. The second kappa shape index (κ2) is 5.33. The van der Waals surface area contributed by atoms with E-state index in [-0.39, 0.29) is 27.4 Å². The fraction of sp³-hybridized carbons (Fsp3) is 0.167. The summed E-state index contributed by atoms with van der Waals surface area (Å²) in [5.74, 6) is -0.135. The van der Waals surface area contributed by atoms with Gasteiger partial charge < -0.3 is 16.8 Å². The number of nitrogen functional groups attached to an aromatic ring is 2. The summed E-state index contributed by atoms with van der Waals surface area (Å²) in [5, 5.41) is 2.84. The Balaban J connectivity index is 2.69. The van der Waals surface area contributed by atoms with Crippen LogP contribution in [0.3, 0.4) is 0 Å². The largest absolute Gasteiger partial charge is 0.382 e. The SMILES string of the molecule is CCNc1nc(N)nc(N)c1S(=O)(=O)c1ccccc1. The average Bonchev–Trinajstić information content (AvgIpc) is 2.39. The Hall–Kier alpha value is -2.35. The van der Waals surface area contributed by atoms with E-state index >= 15 is 0 Å². The van der Waals surface area contributed by atoms with Gasteiger partial charge in [-0.15, -0.1) is 0 Å². The maximum atomic E-state index is 12.6. The quantitative estimate of drug-likeness (QED) is 0.765. The van der Waals surface area contributed by atoms with Crippen LogP contribution in [-0.2, 0) is 9.84 Å². The minimum atomic E-state index is -3.81. The Morgan fingerprint density at radius 3 is 2.40 bits per heavy atom. The van der Waals surface area contributed by atoms with Crippen LogP contribution in [0.25, 0.3) is 0 Å². The Bertz CT molecular complexity index is 716. The molecule has 0 fully saturated rings. The zero-order valence-electron chi connectivity index (χ0n) is 10.9. The van der Waals surface area contributed by atoms with Gasteiger partial charge in [0.15, 0.2) is 16.5 Å². The highest BCUT2D eigenvalue weighted by molar-refractivity contribution is 7.91. The van der Waals surface area contributed by atoms with Crippen LogP contribution < -0.4 is 16.8 Å². The van der Waals surface area contributed by atoms with Gasteiger partial charge in [0.25, 0.3) is 0 Å². The second-order valence-corrected chi connectivity index (χ2v) is 5.88. The Kier molecular flexibility index (Phi) is 3.75. The fourth-order valence-corrected chi connectivity index (χ4v) is 3.20. The number of rotatable bonds is 4. The van der Waals surface area contributed by atoms with Crippen molar-refractivity contribution in [2.75, 3.05) is 23.3 Å². The van der Waals surface area contributed by atoms with Crippen LogP contribution in [0.15, 0.2) is 40.1 Å². The molecule has 0 saturated carbocycles. The maximum Gasteiger partial charge on any atom is 0.224 e. The zero-order valence-corrected chi connectivity index (χ0v) is 11.7. The molecule has 5 N–H and O–H groups in total. The van der Waals surface area contributed by atoms with E-state index in [0.717, 1.165) is 0 Å². The molecular formula is C12H15N5O2S. The first-order chi connectivity index (χ1) is 9.46. The van der Waals surface area contributed by atoms with Crippen LogP contribution in [0.2, 0.25) is 0 Å². The van der Waals surface area contributed by atoms with E-state index in [2.05, 4.69) is 15.3 Å². The van der Waals surface area contributed by atoms with Gasteiger partial charge in [-0.05, 0) is 19.1 Å². The van der Waals surface area contributed by atoms with Gasteiger partial charge in [-0.1, -0.05) is 18.2 Å². The van der Waals surface area contributed by atoms with Crippen LogP contribution in [-0.4, -0.2) is 24.9 Å². The zero-order chi connectivity index (χ0) is 14.8. The summed E-state index contributed by atoms with van der Waals surface area (Å²) in [6.07, 6.45) is 0. The first-order valence-corrected chi connectivity index (χ1v) is 7.42. The van der Waals surface area contributed by atoms with E-state index in [9.17, 15) is 8.42 Å². The Labute approximate surface area is 117 Å². The molecule has 0 spiro atoms. The van der Waals surface area contributed by atoms with Gasteiger partial charge in [0.1, 0.15) is 0 Å². The van der Waals surface area contributed by atoms with Gasteiger partial charge in [-0.2, -0.15) is 9.97 Å². The normalized spacial score (nSPS) is 11.2. The molecule has 0 radical (unpaired) electrons. The molecule has 20 heavy (non-hydrogen) atoms. The molecule has 0 saturated heterocycles. The fourth-order valence-electron chi connectivity index (χ4n) is 1.76. The van der Waals surface area contributed by atoms with Crippen LogP contribution >= 0.6 is 0 Å². The molecule has 7 nitrogen and oxygen atoms in total. The standard InChI is InChI=1S/C12H15N5O2S/c1-2-15-11-9(10(13)16-12(14)17-11)20(18,19)8-6-4-3-5-7-8/h3-7H,2H2,1H3,(H5,13,14,15,16,17). The third-order valence-electron chi connectivity index (χ3n) is 2.58. The predicted molar refractivity (Wildman–Crippen MR) is 76.9 cm³/mol. The van der Waals surface area contributed by atoms with E-state index in [1.54, 1.807) is 18.2 Å². The molecule has 0 aliphatic rings. The minimum absolute atomic E-state index is 0.0783. The van der Waals surface area contributed by atoms with Gasteiger partial charge in [-0.3, -0.25) is 0 Å². The van der Waals surface area contributed by atoms with Gasteiger partial charge in [0.2, 0.25) is 15.8 Å². The number of nitrogens with zero attached hydrogens (tertiary/aromatic N) is 2. The van der Waals surface area contributed by atoms with Gasteiger partial charge in [0, 0.05) is 6.54 Å². The Morgan fingerprint density at radius 1 is 1.15 bits per heavy atom. The van der Waals surface area contributed by atoms with E-state index in [4.69, 9.17) is 11.5 Å². The molecule has 106 valence electrons. The minimum Gasteiger partial charge on any atom is -0.382 e. The third kappa shape index (κ3) is 2.50. The number of anilines is 3. The maximum absolute atomic E-state index is 12.6. The molecule has 0 bridgehead atoms. The highest BCUT2D eigenvalue weighted by atomic mass is 32.2. The predicted octanol–water partition coefficient (Wildman–Crippen LogP) is 0.906. The molecule has 1 aromatic heterocycles. The molecule has 0 atom stereocenters. The van der Waals surface area contributed by atoms with E-state index < -0.39 is 9.84 Å². The van der Waals surface area contributed by atoms with Crippen molar-refractivity contribution in [2.45, 2.75) is 16.7 Å². The van der Waals surface area contributed by atoms with Crippen LogP contribution in [0.4, 0.5) is 17.6 Å². The summed E-state index contributed by atoms with van der Waals surface area (Å²) in [7, 11) is -3.81. The second-order valence-electron chi connectivity index (χ2n) is 3.99. The number of hydrogen-bond acceptors (Lipinski definition) is 7. The summed E-state index contributed by atoms with van der Waals surface area (Å²) < 4.78 is 25.2. The monoisotopic (exact) mass is 293 g/mol. The lowest BCUT2D eigenvalue weighted by Crippen LogP contribution is -2.15. The van der Waals surface area contributed by atoms with Crippen LogP contribution in [0.1, 0.15) is 6.92 Å². The number of sulfone groups is 1. The molecular weight excluding hydrogens is 278 g/mol. The molecule has 8 heteroatoms. The summed E-state index contributed by atoms with van der Waals surface area (Å²) in [4.78, 5) is 7.62. The summed E-state index contributed by atoms with van der Waals surface area (Å²) in [5.41, 5.74) is 11.2. The Morgan fingerprint density at radius 2 is 1.80 bits per heavy atom. The molecule has 0 unspecified atom stereocenters. The summed E-state index contributed by atoms with van der Waals surface area (Å²) in [6.45, 7) is 2.29. The van der Waals surface area contributed by atoms with Crippen molar-refractivity contribution in [3.8, 4) is 0 Å². The van der Waals surface area contributed by atoms with Crippen LogP contribution in [0, 0.1) is 0 Å². The topological polar surface area (TPSA) is 124 Å². The highest BCUT2D eigenvalue weighted by Gasteiger charge is 2.26. The average molecular weight is 293 g/mol. The first-order valence-electron chi connectivity index (χ1n) is 5.93. The molecule has 0 amide bonds. The van der Waals surface area contributed by atoms with Crippen molar-refractivity contribution in [2.24, 2.45) is 0 Å². The van der Waals surface area contributed by atoms with E-state index in [0.29, 0.717) is 6.54 Å². The van der Waals surface area contributed by atoms with Crippen molar-refractivity contribution in [3.63, 3.8) is 0 Å². The third-order valence-corrected chi connectivity index (χ3v) is 4.41. The number of nitrogens with two attached hydrogens (primary N) is 2. The van der Waals surface area contributed by atoms with E-state index in [1.165, 1.54) is 12.1 Å². The number of aromatic nitrogens is 2. The van der Waals surface area contributed by atoms with Crippen molar-refractivity contribution >= 4 is 27.4 Å². The van der Waals surface area contributed by atoms with Crippen molar-refractivity contribution in [1.29, 1.82) is 0 Å². The van der Waals surface area contributed by atoms with Gasteiger partial charge in [0.05, 0.1) is 4.90 Å². The van der Waals surface area contributed by atoms with Crippen molar-refractivity contribution in [3.05, 3.63) is 30.3 Å². The molecule has 2 aromatic rings. The lowest BCUT2D eigenvalue weighted by Gasteiger charge is -2.13. The van der Waals surface area contributed by atoms with Gasteiger partial charge >= 0.3 is 0 Å². The lowest BCUT2D eigenvalue weighted by atomic mass is 10.4. The number of benzene rings is 1. The molecule has 1 aromatic carbocycles. The molecule has 0 aliphatic carbocycles. The van der Waals surface area contributed by atoms with Crippen LogP contribution in [0.5, 0.6) is 0 Å². The van der Waals surface area contributed by atoms with Gasteiger partial charge in [-0.25, -0.2) is 8.42 Å². The van der Waals surface area contributed by atoms with Crippen molar-refractivity contribution < 1.29 is 8.42 Å². The summed E-state index contributed by atoms with van der Waals surface area (Å²) in [6, 6.07) is 7.97. The number of nitrogens with one attached hydrogen (secondary N) is 1. The number of hydrogen-bond donors (Lipinski definition) is 3.